The Balaban J connectivity index is 1.88. The van der Waals surface area contributed by atoms with Crippen molar-refractivity contribution in [2.45, 2.75) is 11.8 Å². The van der Waals surface area contributed by atoms with Crippen LogP contribution in [0.15, 0.2) is 89.2 Å². The van der Waals surface area contributed by atoms with Crippen LogP contribution in [0.3, 0.4) is 0 Å². The van der Waals surface area contributed by atoms with Gasteiger partial charge in [-0.05, 0) is 54.0 Å². The minimum absolute atomic E-state index is 0.716. The summed E-state index contributed by atoms with van der Waals surface area (Å²) in [5, 5.41) is 3.41. The number of aliphatic imine (C=N–C) groups is 1. The number of nitrogens with zero attached hydrogens (tertiary/aromatic N) is 3. The lowest BCUT2D eigenvalue weighted by molar-refractivity contribution is 0.683. The van der Waals surface area contributed by atoms with E-state index >= 15 is 0 Å². The summed E-state index contributed by atoms with van der Waals surface area (Å²) in [4.78, 5) is 9.82. The quantitative estimate of drug-likeness (QED) is 0.643. The molecule has 30 heavy (non-hydrogen) atoms. The molecule has 4 nitrogen and oxygen atoms in total. The Labute approximate surface area is 181 Å². The van der Waals surface area contributed by atoms with Crippen molar-refractivity contribution in [3.8, 4) is 0 Å². The van der Waals surface area contributed by atoms with E-state index in [1.54, 1.807) is 6.20 Å². The van der Waals surface area contributed by atoms with Crippen molar-refractivity contribution in [2.75, 3.05) is 30.6 Å². The summed E-state index contributed by atoms with van der Waals surface area (Å²) in [6.45, 7) is 6.34. The molecule has 2 aromatic carbocycles. The van der Waals surface area contributed by atoms with E-state index < -0.39 is 9.21 Å². The van der Waals surface area contributed by atoms with E-state index in [0.29, 0.717) is 5.84 Å². The highest BCUT2D eigenvalue weighted by molar-refractivity contribution is 8.27. The zero-order chi connectivity index (χ0) is 21.9. The lowest BCUT2D eigenvalue weighted by Crippen LogP contribution is -2.28. The summed E-state index contributed by atoms with van der Waals surface area (Å²) in [6.07, 6.45) is 7.91. The van der Waals surface area contributed by atoms with Gasteiger partial charge in [-0.25, -0.2) is 4.99 Å². The van der Waals surface area contributed by atoms with Gasteiger partial charge >= 0.3 is 0 Å². The first kappa shape index (κ1) is 21.5. The molecule has 0 saturated heterocycles. The van der Waals surface area contributed by atoms with Crippen LogP contribution in [0.2, 0.25) is 0 Å². The summed E-state index contributed by atoms with van der Waals surface area (Å²) in [5.74, 6) is 9.21. The third-order valence-corrected chi connectivity index (χ3v) is 6.23. The van der Waals surface area contributed by atoms with E-state index in [2.05, 4.69) is 87.2 Å². The molecule has 1 N–H and O–H groups in total. The van der Waals surface area contributed by atoms with E-state index in [0.717, 1.165) is 28.3 Å². The zero-order valence-electron chi connectivity index (χ0n) is 18.2. The average Bonchev–Trinajstić information content (AvgIpc) is 2.71. The molecule has 0 amide bonds. The minimum atomic E-state index is -1.30. The van der Waals surface area contributed by atoms with Crippen LogP contribution in [-0.4, -0.2) is 42.8 Å². The van der Waals surface area contributed by atoms with Crippen LogP contribution >= 0.6 is 9.21 Å². The topological polar surface area (TPSA) is 30.9 Å². The van der Waals surface area contributed by atoms with Crippen LogP contribution < -0.4 is 10.2 Å². The van der Waals surface area contributed by atoms with Gasteiger partial charge in [-0.3, -0.25) is 0 Å². The number of benzene rings is 2. The van der Waals surface area contributed by atoms with Gasteiger partial charge in [0.2, 0.25) is 0 Å². The number of hydrogen-bond acceptors (Lipinski definition) is 4. The second-order valence-corrected chi connectivity index (χ2v) is 10.7. The Hall–Kier alpha value is -3.18. The molecule has 0 bridgehead atoms. The monoisotopic (exact) mass is 418 g/mol. The molecule has 0 saturated carbocycles. The molecule has 0 spiro atoms. The summed E-state index contributed by atoms with van der Waals surface area (Å²) < 4.78 is 0. The molecular formula is C25H30N4S. The minimum Gasteiger partial charge on any atom is -0.378 e. The van der Waals surface area contributed by atoms with Crippen LogP contribution in [0.5, 0.6) is 0 Å². The normalized spacial score (nSPS) is 14.5. The smallest absolute Gasteiger partial charge is 0.154 e. The SMILES string of the molecule is C=C1C(Nc2cccc(N(C)C)c2)=NC=CN1/C(=C\C)c1cccc(S(=C)(=C)C)c1. The molecule has 0 atom stereocenters. The predicted octanol–water partition coefficient (Wildman–Crippen LogP) is 5.58. The summed E-state index contributed by atoms with van der Waals surface area (Å²) in [5.41, 5.74) is 5.01. The Morgan fingerprint density at radius 3 is 2.53 bits per heavy atom. The maximum atomic E-state index is 4.52. The number of anilines is 2. The van der Waals surface area contributed by atoms with Gasteiger partial charge in [-0.1, -0.05) is 42.6 Å². The van der Waals surface area contributed by atoms with Crippen molar-refractivity contribution in [3.63, 3.8) is 0 Å². The van der Waals surface area contributed by atoms with E-state index in [1.807, 2.05) is 39.4 Å². The molecule has 1 heterocycles. The molecule has 1 aliphatic rings. The maximum Gasteiger partial charge on any atom is 0.154 e. The first-order valence-electron chi connectivity index (χ1n) is 9.69. The third-order valence-electron chi connectivity index (χ3n) is 4.84. The Morgan fingerprint density at radius 1 is 1.13 bits per heavy atom. The van der Waals surface area contributed by atoms with Gasteiger partial charge in [0.1, 0.15) is 0 Å². The largest absolute Gasteiger partial charge is 0.378 e. The molecule has 156 valence electrons. The van der Waals surface area contributed by atoms with E-state index in [4.69, 9.17) is 0 Å². The summed E-state index contributed by atoms with van der Waals surface area (Å²) >= 11 is 0. The van der Waals surface area contributed by atoms with Crippen LogP contribution in [0.4, 0.5) is 11.4 Å². The Morgan fingerprint density at radius 2 is 1.87 bits per heavy atom. The highest BCUT2D eigenvalue weighted by Gasteiger charge is 2.19. The van der Waals surface area contributed by atoms with Crippen molar-refractivity contribution >= 4 is 43.9 Å². The van der Waals surface area contributed by atoms with E-state index in [-0.39, 0.29) is 0 Å². The second-order valence-electron chi connectivity index (χ2n) is 7.64. The van der Waals surface area contributed by atoms with Crippen molar-refractivity contribution in [2.24, 2.45) is 4.99 Å². The van der Waals surface area contributed by atoms with Gasteiger partial charge in [-0.15, -0.1) is 0 Å². The molecule has 1 aliphatic heterocycles. The van der Waals surface area contributed by atoms with Crippen molar-refractivity contribution in [1.29, 1.82) is 0 Å². The molecule has 3 rings (SSSR count). The zero-order valence-corrected chi connectivity index (χ0v) is 19.0. The van der Waals surface area contributed by atoms with Crippen LogP contribution in [0.1, 0.15) is 12.5 Å². The molecule has 0 fully saturated rings. The summed E-state index contributed by atoms with van der Waals surface area (Å²) in [7, 11) is 2.75. The van der Waals surface area contributed by atoms with Gasteiger partial charge in [0.05, 0.1) is 5.70 Å². The first-order valence-corrected chi connectivity index (χ1v) is 12.1. The molecule has 0 aromatic heterocycles. The Bertz CT molecular complexity index is 1150. The number of allylic oxidation sites excluding steroid dienone is 1. The van der Waals surface area contributed by atoms with Crippen LogP contribution in [0, 0.1) is 0 Å². The van der Waals surface area contributed by atoms with Gasteiger partial charge in [0.25, 0.3) is 0 Å². The number of amidine groups is 1. The van der Waals surface area contributed by atoms with Gasteiger partial charge in [-0.2, -0.15) is 9.21 Å². The average molecular weight is 419 g/mol. The van der Waals surface area contributed by atoms with Gasteiger partial charge in [0.15, 0.2) is 5.84 Å². The fourth-order valence-electron chi connectivity index (χ4n) is 3.19. The van der Waals surface area contributed by atoms with Crippen LogP contribution in [-0.2, 0) is 0 Å². The molecule has 0 aliphatic carbocycles. The number of rotatable bonds is 5. The molecule has 2 aromatic rings. The fourth-order valence-corrected chi connectivity index (χ4v) is 4.01. The van der Waals surface area contributed by atoms with E-state index in [9.17, 15) is 0 Å². The van der Waals surface area contributed by atoms with Gasteiger partial charge < -0.3 is 15.1 Å². The number of nitrogens with one attached hydrogen (secondary N) is 1. The lowest BCUT2D eigenvalue weighted by Gasteiger charge is -2.29. The highest BCUT2D eigenvalue weighted by atomic mass is 32.2. The molecular weight excluding hydrogens is 388 g/mol. The van der Waals surface area contributed by atoms with E-state index in [1.165, 1.54) is 4.90 Å². The Kier molecular flexibility index (Phi) is 6.22. The van der Waals surface area contributed by atoms with Crippen molar-refractivity contribution in [3.05, 3.63) is 84.8 Å². The second kappa shape index (κ2) is 8.67. The standard InChI is InChI=1S/C25H30N4S/c1-8-24(20-11-9-14-23(17-20)30(5,6)7)29-16-15-26-25(19(29)2)27-21-12-10-13-22(18-21)28(3)4/h8-18H,2,5-6H2,1,3-4,7H3,(H,26,27)/b24-8-. The highest BCUT2D eigenvalue weighted by Crippen LogP contribution is 2.33. The first-order chi connectivity index (χ1) is 14.2. The predicted molar refractivity (Wildman–Crippen MR) is 138 cm³/mol. The van der Waals surface area contributed by atoms with Crippen molar-refractivity contribution in [1.82, 2.24) is 4.90 Å². The van der Waals surface area contributed by atoms with Gasteiger partial charge in [0, 0.05) is 43.6 Å². The van der Waals surface area contributed by atoms with Crippen molar-refractivity contribution < 1.29 is 0 Å². The lowest BCUT2D eigenvalue weighted by atomic mass is 10.1. The molecule has 5 heteroatoms. The fraction of sp³-hybridized carbons (Fsp3) is 0.160. The van der Waals surface area contributed by atoms with Crippen LogP contribution in [0.25, 0.3) is 5.70 Å². The maximum absolute atomic E-state index is 4.52. The summed E-state index contributed by atoms with van der Waals surface area (Å²) in [6, 6.07) is 16.6. The number of hydrogen-bond donors (Lipinski definition) is 1. The third kappa shape index (κ3) is 4.69. The molecule has 0 radical (unpaired) electrons. The molecule has 0 unspecified atom stereocenters.